The van der Waals surface area contributed by atoms with Gasteiger partial charge in [-0.1, -0.05) is 12.1 Å². The number of hydrogen-bond acceptors (Lipinski definition) is 5. The largest absolute Gasteiger partial charge is 0.284 e. The zero-order valence-electron chi connectivity index (χ0n) is 9.26. The Balaban J connectivity index is 2.20. The molecular weight excluding hydrogens is 256 g/mol. The predicted molar refractivity (Wildman–Crippen MR) is 67.4 cm³/mol. The van der Waals surface area contributed by atoms with Crippen LogP contribution in [0.25, 0.3) is 0 Å². The van der Waals surface area contributed by atoms with Crippen molar-refractivity contribution >= 4 is 21.7 Å². The molecule has 1 heterocycles. The maximum absolute atomic E-state index is 11.2. The number of nitrogens with zero attached hydrogens (tertiary/aromatic N) is 2. The summed E-state index contributed by atoms with van der Waals surface area (Å²) in [5.74, 6) is -0.0792. The van der Waals surface area contributed by atoms with Gasteiger partial charge in [0.05, 0.1) is 22.3 Å². The first-order valence-electron chi connectivity index (χ1n) is 5.15. The van der Waals surface area contributed by atoms with Crippen LogP contribution in [-0.2, 0) is 9.84 Å². The van der Waals surface area contributed by atoms with Crippen LogP contribution in [0.3, 0.4) is 0 Å². The summed E-state index contributed by atoms with van der Waals surface area (Å²) < 4.78 is 22.3. The van der Waals surface area contributed by atoms with Crippen LogP contribution >= 0.6 is 0 Å². The van der Waals surface area contributed by atoms with E-state index in [1.165, 1.54) is 18.4 Å². The van der Waals surface area contributed by atoms with E-state index in [0.29, 0.717) is 5.56 Å². The highest BCUT2D eigenvalue weighted by atomic mass is 32.2. The van der Waals surface area contributed by atoms with E-state index in [1.54, 1.807) is 18.2 Å². The lowest BCUT2D eigenvalue weighted by Gasteiger charge is -1.99. The summed E-state index contributed by atoms with van der Waals surface area (Å²) in [5.41, 5.74) is 0.311. The maximum atomic E-state index is 11.2. The Hall–Kier alpha value is -2.02. The lowest BCUT2D eigenvalue weighted by atomic mass is 10.2. The van der Waals surface area contributed by atoms with Gasteiger partial charge in [0.15, 0.2) is 9.84 Å². The maximum Gasteiger partial charge on any atom is 0.278 e. The molecule has 0 saturated carbocycles. The second-order valence-corrected chi connectivity index (χ2v) is 5.75. The minimum Gasteiger partial charge on any atom is -0.284 e. The Morgan fingerprint density at radius 1 is 1.39 bits per heavy atom. The van der Waals surface area contributed by atoms with Crippen molar-refractivity contribution in [2.75, 3.05) is 5.75 Å². The average Bonchev–Trinajstić information content (AvgIpc) is 2.66. The van der Waals surface area contributed by atoms with E-state index in [0.717, 1.165) is 5.41 Å². The molecule has 1 aliphatic rings. The van der Waals surface area contributed by atoms with E-state index in [9.17, 15) is 18.5 Å². The second kappa shape index (κ2) is 4.69. The van der Waals surface area contributed by atoms with Crippen molar-refractivity contribution in [3.63, 3.8) is 0 Å². The van der Waals surface area contributed by atoms with Crippen molar-refractivity contribution in [1.82, 2.24) is 0 Å². The number of sulfone groups is 1. The monoisotopic (exact) mass is 266 g/mol. The fourth-order valence-corrected chi connectivity index (χ4v) is 2.80. The van der Waals surface area contributed by atoms with Gasteiger partial charge in [0.25, 0.3) is 5.69 Å². The average molecular weight is 266 g/mol. The van der Waals surface area contributed by atoms with Crippen LogP contribution in [0.4, 0.5) is 5.69 Å². The van der Waals surface area contributed by atoms with E-state index >= 15 is 0 Å². The molecule has 1 aromatic rings. The molecule has 1 aliphatic heterocycles. The Morgan fingerprint density at radius 3 is 2.72 bits per heavy atom. The Kier molecular flexibility index (Phi) is 3.24. The first-order chi connectivity index (χ1) is 8.48. The highest BCUT2D eigenvalue weighted by Gasteiger charge is 2.20. The van der Waals surface area contributed by atoms with Gasteiger partial charge in [0.2, 0.25) is 0 Å². The van der Waals surface area contributed by atoms with E-state index < -0.39 is 20.8 Å². The number of rotatable bonds is 3. The van der Waals surface area contributed by atoms with Crippen LogP contribution in [0.5, 0.6) is 0 Å². The van der Waals surface area contributed by atoms with Gasteiger partial charge in [0, 0.05) is 17.7 Å². The minimum absolute atomic E-state index is 0.0499. The molecule has 7 heteroatoms. The standard InChI is InChI=1S/C11H10N2O4S/c14-13(15)11-4-2-1-3-9(11)7-12-10-5-6-18(16,17)8-10/h1-7,10H,8H2. The Bertz CT molecular complexity index is 634. The van der Waals surface area contributed by atoms with Gasteiger partial charge in [-0.2, -0.15) is 0 Å². The highest BCUT2D eigenvalue weighted by Crippen LogP contribution is 2.17. The van der Waals surface area contributed by atoms with Crippen LogP contribution in [0.15, 0.2) is 40.7 Å². The topological polar surface area (TPSA) is 89.6 Å². The van der Waals surface area contributed by atoms with Crippen molar-refractivity contribution in [1.29, 1.82) is 0 Å². The summed E-state index contributed by atoms with van der Waals surface area (Å²) in [6.07, 6.45) is 2.81. The molecule has 0 aromatic heterocycles. The molecule has 6 nitrogen and oxygen atoms in total. The fourth-order valence-electron chi connectivity index (χ4n) is 1.59. The molecule has 0 N–H and O–H groups in total. The molecule has 0 fully saturated rings. The van der Waals surface area contributed by atoms with Crippen LogP contribution in [0.2, 0.25) is 0 Å². The molecule has 2 rings (SSSR count). The van der Waals surface area contributed by atoms with Crippen molar-refractivity contribution in [3.05, 3.63) is 51.4 Å². The number of hydrogen-bond donors (Lipinski definition) is 0. The van der Waals surface area contributed by atoms with Gasteiger partial charge in [-0.3, -0.25) is 15.1 Å². The molecule has 94 valence electrons. The third-order valence-corrected chi connectivity index (χ3v) is 3.83. The highest BCUT2D eigenvalue weighted by molar-refractivity contribution is 7.94. The molecule has 0 saturated heterocycles. The summed E-state index contributed by atoms with van der Waals surface area (Å²) >= 11 is 0. The van der Waals surface area contributed by atoms with E-state index in [1.807, 2.05) is 0 Å². The molecule has 1 unspecified atom stereocenters. The third kappa shape index (κ3) is 2.80. The molecule has 18 heavy (non-hydrogen) atoms. The molecule has 1 atom stereocenters. The minimum atomic E-state index is -3.15. The van der Waals surface area contributed by atoms with E-state index in [2.05, 4.69) is 4.99 Å². The Labute approximate surface area is 104 Å². The first kappa shape index (κ1) is 12.4. The smallest absolute Gasteiger partial charge is 0.278 e. The zero-order chi connectivity index (χ0) is 13.2. The molecule has 0 radical (unpaired) electrons. The van der Waals surface area contributed by atoms with Crippen LogP contribution in [0, 0.1) is 10.1 Å². The summed E-state index contributed by atoms with van der Waals surface area (Å²) in [6.45, 7) is 0. The SMILES string of the molecule is O=[N+]([O-])c1ccccc1C=NC1C=CS(=O)(=O)C1. The summed E-state index contributed by atoms with van der Waals surface area (Å²) in [5, 5.41) is 11.9. The Morgan fingerprint density at radius 2 is 2.11 bits per heavy atom. The predicted octanol–water partition coefficient (Wildman–Crippen LogP) is 1.32. The lowest BCUT2D eigenvalue weighted by molar-refractivity contribution is -0.385. The van der Waals surface area contributed by atoms with Crippen molar-refractivity contribution in [3.8, 4) is 0 Å². The van der Waals surface area contributed by atoms with Gasteiger partial charge in [0.1, 0.15) is 0 Å². The molecule has 0 aliphatic carbocycles. The van der Waals surface area contributed by atoms with E-state index in [-0.39, 0.29) is 11.4 Å². The summed E-state index contributed by atoms with van der Waals surface area (Å²) in [6, 6.07) is 5.71. The van der Waals surface area contributed by atoms with Gasteiger partial charge in [-0.25, -0.2) is 8.42 Å². The molecule has 1 aromatic carbocycles. The van der Waals surface area contributed by atoms with Crippen molar-refractivity contribution in [2.24, 2.45) is 4.99 Å². The van der Waals surface area contributed by atoms with Crippen LogP contribution < -0.4 is 0 Å². The number of nitro groups is 1. The number of benzene rings is 1. The lowest BCUT2D eigenvalue weighted by Crippen LogP contribution is -2.08. The molecular formula is C11H10N2O4S. The van der Waals surface area contributed by atoms with E-state index in [4.69, 9.17) is 0 Å². The summed E-state index contributed by atoms with van der Waals surface area (Å²) in [7, 11) is -3.15. The molecule has 0 amide bonds. The first-order valence-corrected chi connectivity index (χ1v) is 6.87. The molecule has 0 spiro atoms. The second-order valence-electron chi connectivity index (χ2n) is 3.82. The quantitative estimate of drug-likeness (QED) is 0.469. The molecule has 0 bridgehead atoms. The number of para-hydroxylation sites is 1. The van der Waals surface area contributed by atoms with Crippen molar-refractivity contribution < 1.29 is 13.3 Å². The van der Waals surface area contributed by atoms with Gasteiger partial charge in [-0.05, 0) is 12.1 Å². The van der Waals surface area contributed by atoms with Gasteiger partial charge >= 0.3 is 0 Å². The van der Waals surface area contributed by atoms with Gasteiger partial charge in [-0.15, -0.1) is 0 Å². The number of nitro benzene ring substituents is 1. The van der Waals surface area contributed by atoms with Gasteiger partial charge < -0.3 is 0 Å². The fraction of sp³-hybridized carbons (Fsp3) is 0.182. The van der Waals surface area contributed by atoms with Crippen molar-refractivity contribution in [2.45, 2.75) is 6.04 Å². The number of aliphatic imine (C=N–C) groups is 1. The summed E-state index contributed by atoms with van der Waals surface area (Å²) in [4.78, 5) is 14.3. The third-order valence-electron chi connectivity index (χ3n) is 2.45. The normalized spacial score (nSPS) is 21.4. The van der Waals surface area contributed by atoms with Crippen LogP contribution in [0.1, 0.15) is 5.56 Å². The zero-order valence-corrected chi connectivity index (χ0v) is 10.1. The van der Waals surface area contributed by atoms with Crippen LogP contribution in [-0.4, -0.2) is 31.4 Å².